The zero-order valence-corrected chi connectivity index (χ0v) is 22.2. The molecule has 3 aromatic rings. The number of aliphatic imine (C=N–C) groups is 1. The monoisotopic (exact) mass is 555 g/mol. The third kappa shape index (κ3) is 8.50. The summed E-state index contributed by atoms with van der Waals surface area (Å²) in [6.45, 7) is 3.25. The molecule has 3 amide bonds. The van der Waals surface area contributed by atoms with Crippen LogP contribution < -0.4 is 10.1 Å². The van der Waals surface area contributed by atoms with Gasteiger partial charge in [0.25, 0.3) is 0 Å². The van der Waals surface area contributed by atoms with Gasteiger partial charge in [-0.25, -0.2) is 14.8 Å². The fourth-order valence-electron chi connectivity index (χ4n) is 3.39. The van der Waals surface area contributed by atoms with Crippen molar-refractivity contribution < 1.29 is 28.6 Å². The molecule has 0 aliphatic rings. The Balaban J connectivity index is 1.90. The molecule has 0 radical (unpaired) electrons. The standard InChI is InChI=1S/C27H27ClFN5O5/c1-17-12-21(8-9-23(17)39-22-10-11-30-24(29)13-22)31-26(32-27(38)33(3)14-18(2)25(36)37)34(16-35)15-19-4-6-20(28)7-5-19/h4-13,16,18H,14-15H2,1-3H3,(H,36,37)(H,31,32,38)/t18-/m0/s1. The van der Waals surface area contributed by atoms with Gasteiger partial charge in [-0.2, -0.15) is 4.39 Å². The number of benzene rings is 2. The van der Waals surface area contributed by atoms with Crippen LogP contribution in [0.5, 0.6) is 11.5 Å². The van der Waals surface area contributed by atoms with Crippen LogP contribution in [0.15, 0.2) is 65.8 Å². The molecule has 0 fully saturated rings. The highest BCUT2D eigenvalue weighted by molar-refractivity contribution is 6.30. The molecule has 1 aromatic heterocycles. The van der Waals surface area contributed by atoms with Gasteiger partial charge in [-0.15, -0.1) is 0 Å². The molecule has 2 aromatic carbocycles. The molecule has 1 heterocycles. The third-order valence-corrected chi connectivity index (χ3v) is 5.77. The van der Waals surface area contributed by atoms with Gasteiger partial charge in [0.15, 0.2) is 0 Å². The highest BCUT2D eigenvalue weighted by atomic mass is 35.5. The number of carbonyl (C=O) groups is 3. The van der Waals surface area contributed by atoms with Gasteiger partial charge in [0, 0.05) is 30.9 Å². The summed E-state index contributed by atoms with van der Waals surface area (Å²) in [6.07, 6.45) is 1.81. The van der Waals surface area contributed by atoms with Crippen molar-refractivity contribution in [1.82, 2.24) is 20.1 Å². The molecular weight excluding hydrogens is 529 g/mol. The summed E-state index contributed by atoms with van der Waals surface area (Å²) in [5.41, 5.74) is 1.77. The summed E-state index contributed by atoms with van der Waals surface area (Å²) in [4.78, 5) is 46.6. The first kappa shape index (κ1) is 29.1. The van der Waals surface area contributed by atoms with Gasteiger partial charge in [-0.1, -0.05) is 30.7 Å². The number of carbonyl (C=O) groups excluding carboxylic acids is 2. The summed E-state index contributed by atoms with van der Waals surface area (Å²) < 4.78 is 19.1. The second-order valence-corrected chi connectivity index (χ2v) is 9.15. The van der Waals surface area contributed by atoms with E-state index in [1.54, 1.807) is 49.4 Å². The highest BCUT2D eigenvalue weighted by Crippen LogP contribution is 2.28. The largest absolute Gasteiger partial charge is 0.481 e. The van der Waals surface area contributed by atoms with Crippen LogP contribution in [-0.4, -0.2) is 57.9 Å². The molecule has 1 atom stereocenters. The molecule has 12 heteroatoms. The molecule has 10 nitrogen and oxygen atoms in total. The van der Waals surface area contributed by atoms with Gasteiger partial charge in [-0.05, 0) is 54.4 Å². The van der Waals surface area contributed by atoms with Gasteiger partial charge in [0.1, 0.15) is 11.5 Å². The van der Waals surface area contributed by atoms with Crippen LogP contribution in [0.1, 0.15) is 18.1 Å². The van der Waals surface area contributed by atoms with Crippen molar-refractivity contribution in [1.29, 1.82) is 0 Å². The lowest BCUT2D eigenvalue weighted by Gasteiger charge is -2.24. The maximum absolute atomic E-state index is 13.4. The lowest BCUT2D eigenvalue weighted by Crippen LogP contribution is -2.49. The first-order chi connectivity index (χ1) is 18.5. The minimum Gasteiger partial charge on any atom is -0.481 e. The normalized spacial score (nSPS) is 11.9. The molecule has 204 valence electrons. The first-order valence-electron chi connectivity index (χ1n) is 11.8. The number of guanidine groups is 1. The molecule has 0 saturated carbocycles. The number of carboxylic acid groups (broad SMARTS) is 1. The molecule has 0 saturated heterocycles. The summed E-state index contributed by atoms with van der Waals surface area (Å²) >= 11 is 5.96. The molecule has 0 aliphatic carbocycles. The van der Waals surface area contributed by atoms with Crippen molar-refractivity contribution in [3.63, 3.8) is 0 Å². The van der Waals surface area contributed by atoms with Crippen molar-refractivity contribution in [2.45, 2.75) is 20.4 Å². The number of carboxylic acids is 1. The zero-order valence-electron chi connectivity index (χ0n) is 21.5. The van der Waals surface area contributed by atoms with E-state index in [2.05, 4.69) is 15.3 Å². The maximum Gasteiger partial charge on any atom is 0.323 e. The maximum atomic E-state index is 13.4. The van der Waals surface area contributed by atoms with Crippen molar-refractivity contribution in [2.24, 2.45) is 10.9 Å². The average Bonchev–Trinajstić information content (AvgIpc) is 2.89. The number of amides is 3. The van der Waals surface area contributed by atoms with Gasteiger partial charge in [0.2, 0.25) is 18.3 Å². The molecule has 0 unspecified atom stereocenters. The number of nitrogens with one attached hydrogen (secondary N) is 1. The number of aliphatic carboxylic acids is 1. The SMILES string of the molecule is Cc1cc(N=C(NC(=O)N(C)C[C@H](C)C(=O)O)N(C=O)Cc2ccc(Cl)cc2)ccc1Oc1ccnc(F)c1. The van der Waals surface area contributed by atoms with E-state index in [0.29, 0.717) is 28.4 Å². The number of aryl methyl sites for hydroxylation is 1. The van der Waals surface area contributed by atoms with Crippen LogP contribution in [0.25, 0.3) is 0 Å². The van der Waals surface area contributed by atoms with Crippen molar-refractivity contribution in [2.75, 3.05) is 13.6 Å². The summed E-state index contributed by atoms with van der Waals surface area (Å²) in [5.74, 6) is -1.90. The van der Waals surface area contributed by atoms with Gasteiger partial charge < -0.3 is 14.7 Å². The van der Waals surface area contributed by atoms with Crippen LogP contribution in [-0.2, 0) is 16.1 Å². The smallest absolute Gasteiger partial charge is 0.323 e. The Morgan fingerprint density at radius 2 is 1.92 bits per heavy atom. The van der Waals surface area contributed by atoms with Crippen LogP contribution in [0, 0.1) is 18.8 Å². The Hall–Kier alpha value is -4.51. The van der Waals surface area contributed by atoms with E-state index in [4.69, 9.17) is 16.3 Å². The van der Waals surface area contributed by atoms with Crippen molar-refractivity contribution in [3.05, 3.63) is 82.9 Å². The van der Waals surface area contributed by atoms with Crippen molar-refractivity contribution >= 4 is 41.7 Å². The van der Waals surface area contributed by atoms with Crippen LogP contribution >= 0.6 is 11.6 Å². The van der Waals surface area contributed by atoms with E-state index < -0.39 is 23.9 Å². The van der Waals surface area contributed by atoms with Crippen LogP contribution in [0.2, 0.25) is 5.02 Å². The number of pyridine rings is 1. The quantitative estimate of drug-likeness (QED) is 0.166. The van der Waals surface area contributed by atoms with Gasteiger partial charge in [0.05, 0.1) is 18.2 Å². The molecule has 39 heavy (non-hydrogen) atoms. The third-order valence-electron chi connectivity index (χ3n) is 5.52. The average molecular weight is 556 g/mol. The Morgan fingerprint density at radius 3 is 2.54 bits per heavy atom. The van der Waals surface area contributed by atoms with Gasteiger partial charge >= 0.3 is 12.0 Å². The Labute approximate surface area is 229 Å². The second-order valence-electron chi connectivity index (χ2n) is 8.71. The number of halogens is 2. The Kier molecular flexibility index (Phi) is 9.93. The first-order valence-corrected chi connectivity index (χ1v) is 12.1. The number of hydrogen-bond acceptors (Lipinski definition) is 6. The summed E-state index contributed by atoms with van der Waals surface area (Å²) in [5, 5.41) is 12.3. The fraction of sp³-hybridized carbons (Fsp3) is 0.222. The number of ether oxygens (including phenoxy) is 1. The minimum atomic E-state index is -1.05. The van der Waals surface area contributed by atoms with Crippen LogP contribution in [0.3, 0.4) is 0 Å². The van der Waals surface area contributed by atoms with Crippen LogP contribution in [0.4, 0.5) is 14.9 Å². The second kappa shape index (κ2) is 13.3. The zero-order chi connectivity index (χ0) is 28.5. The molecule has 0 spiro atoms. The molecule has 3 rings (SSSR count). The number of aromatic nitrogens is 1. The predicted octanol–water partition coefficient (Wildman–Crippen LogP) is 4.98. The molecule has 2 N–H and O–H groups in total. The van der Waals surface area contributed by atoms with Gasteiger partial charge in [-0.3, -0.25) is 19.8 Å². The van der Waals surface area contributed by atoms with E-state index in [1.807, 2.05) is 0 Å². The molecule has 0 bridgehead atoms. The summed E-state index contributed by atoms with van der Waals surface area (Å²) in [7, 11) is 1.44. The number of rotatable bonds is 9. The van der Waals surface area contributed by atoms with E-state index in [1.165, 1.54) is 36.0 Å². The number of hydrogen-bond donors (Lipinski definition) is 2. The van der Waals surface area contributed by atoms with E-state index in [-0.39, 0.29) is 24.8 Å². The number of urea groups is 1. The highest BCUT2D eigenvalue weighted by Gasteiger charge is 2.21. The van der Waals surface area contributed by atoms with E-state index in [0.717, 1.165) is 11.6 Å². The fourth-order valence-corrected chi connectivity index (χ4v) is 3.52. The molecular formula is C27H27ClFN5O5. The Bertz CT molecular complexity index is 1370. The minimum absolute atomic E-state index is 0.0620. The van der Waals surface area contributed by atoms with E-state index in [9.17, 15) is 23.9 Å². The molecule has 0 aliphatic heterocycles. The topological polar surface area (TPSA) is 124 Å². The lowest BCUT2D eigenvalue weighted by atomic mass is 10.2. The van der Waals surface area contributed by atoms with Crippen molar-refractivity contribution in [3.8, 4) is 11.5 Å². The number of nitrogens with zero attached hydrogens (tertiary/aromatic N) is 4. The predicted molar refractivity (Wildman–Crippen MR) is 144 cm³/mol. The lowest BCUT2D eigenvalue weighted by molar-refractivity contribution is -0.141. The summed E-state index contributed by atoms with van der Waals surface area (Å²) in [6, 6.07) is 13.7. The Morgan fingerprint density at radius 1 is 1.21 bits per heavy atom. The van der Waals surface area contributed by atoms with E-state index >= 15 is 0 Å².